The second kappa shape index (κ2) is 11.4. The van der Waals surface area contributed by atoms with Gasteiger partial charge >= 0.3 is 6.18 Å². The van der Waals surface area contributed by atoms with E-state index >= 15 is 0 Å². The fraction of sp³-hybridized carbons (Fsp3) is 0.393. The molecule has 3 aromatic rings. The maximum atomic E-state index is 14.0. The number of halogens is 3. The van der Waals surface area contributed by atoms with Crippen molar-refractivity contribution >= 4 is 27.6 Å². The van der Waals surface area contributed by atoms with E-state index in [1.165, 1.54) is 26.3 Å². The Hall–Kier alpha value is -3.91. The number of sulfonamides is 1. The molecule has 0 bridgehead atoms. The van der Waals surface area contributed by atoms with Gasteiger partial charge in [-0.2, -0.15) is 22.5 Å². The molecule has 1 amide bonds. The van der Waals surface area contributed by atoms with E-state index in [0.717, 1.165) is 29.0 Å². The largest absolute Gasteiger partial charge is 0.495 e. The Bertz CT molecular complexity index is 1600. The molecular formula is C28H30F3N5O5S. The van der Waals surface area contributed by atoms with Gasteiger partial charge in [0.15, 0.2) is 0 Å². The lowest BCUT2D eigenvalue weighted by molar-refractivity contribution is -0.140. The van der Waals surface area contributed by atoms with Crippen LogP contribution < -0.4 is 20.1 Å². The summed E-state index contributed by atoms with van der Waals surface area (Å²) in [5, 5.41) is 5.70. The van der Waals surface area contributed by atoms with Crippen LogP contribution in [0.3, 0.4) is 0 Å². The minimum Gasteiger partial charge on any atom is -0.495 e. The molecule has 2 aliphatic carbocycles. The van der Waals surface area contributed by atoms with Gasteiger partial charge in [-0.3, -0.25) is 4.79 Å². The molecule has 2 atom stereocenters. The molecule has 1 saturated carbocycles. The van der Waals surface area contributed by atoms with Crippen molar-refractivity contribution < 1.29 is 35.9 Å². The smallest absolute Gasteiger partial charge is 0.423 e. The molecule has 0 unspecified atom stereocenters. The Morgan fingerprint density at radius 2 is 1.90 bits per heavy atom. The standard InChI is InChI=1S/C28H30F3N5O5S/c1-36(42(3,38)39)24-19-7-5-4-6-17(19)12-23(24)41-26-20(28(29,30)31)15-33-27(35-26)34-21-11-10-18(13-22(21)40-2)25(37)32-14-16-8-9-16/h4-7,10-11,13,15-16,23-24H,8-9,12,14H2,1-3H3,(H,32,37)(H,33,34,35)/t23-,24-/m1/s1. The van der Waals surface area contributed by atoms with Crippen molar-refractivity contribution in [1.29, 1.82) is 0 Å². The molecule has 14 heteroatoms. The molecule has 10 nitrogen and oxygen atoms in total. The molecule has 2 aromatic carbocycles. The van der Waals surface area contributed by atoms with E-state index in [9.17, 15) is 26.4 Å². The van der Waals surface area contributed by atoms with Crippen LogP contribution in [0, 0.1) is 5.92 Å². The number of amides is 1. The third-order valence-electron chi connectivity index (χ3n) is 7.34. The second-order valence-electron chi connectivity index (χ2n) is 10.4. The summed E-state index contributed by atoms with van der Waals surface area (Å²) in [6.07, 6.45) is -1.85. The van der Waals surface area contributed by atoms with E-state index < -0.39 is 39.8 Å². The summed E-state index contributed by atoms with van der Waals surface area (Å²) in [5.41, 5.74) is 0.860. The van der Waals surface area contributed by atoms with Crippen LogP contribution in [0.25, 0.3) is 0 Å². The van der Waals surface area contributed by atoms with Crippen molar-refractivity contribution in [2.75, 3.05) is 32.3 Å². The number of aromatic nitrogens is 2. The first-order chi connectivity index (χ1) is 19.8. The molecule has 5 rings (SSSR count). The highest BCUT2D eigenvalue weighted by Gasteiger charge is 2.43. The zero-order valence-electron chi connectivity index (χ0n) is 23.1. The van der Waals surface area contributed by atoms with Crippen LogP contribution in [-0.2, 0) is 22.6 Å². The van der Waals surface area contributed by atoms with Crippen molar-refractivity contribution in [3.8, 4) is 11.6 Å². The van der Waals surface area contributed by atoms with Gasteiger partial charge in [0.2, 0.25) is 21.9 Å². The minimum atomic E-state index is -4.84. The molecule has 2 aliphatic rings. The number of nitrogens with zero attached hydrogens (tertiary/aromatic N) is 3. The van der Waals surface area contributed by atoms with Crippen molar-refractivity contribution in [2.24, 2.45) is 5.92 Å². The van der Waals surface area contributed by atoms with E-state index in [1.54, 1.807) is 30.3 Å². The van der Waals surface area contributed by atoms with Gasteiger partial charge in [-0.1, -0.05) is 24.3 Å². The van der Waals surface area contributed by atoms with Gasteiger partial charge in [0.05, 0.1) is 25.1 Å². The summed E-state index contributed by atoms with van der Waals surface area (Å²) in [5.74, 6) is -0.475. The summed E-state index contributed by atoms with van der Waals surface area (Å²) in [4.78, 5) is 20.4. The average molecular weight is 606 g/mol. The highest BCUT2D eigenvalue weighted by atomic mass is 32.2. The SMILES string of the molecule is COc1cc(C(=O)NCC2CC2)ccc1Nc1ncc(C(F)(F)F)c(O[C@@H]2Cc3ccccc3[C@H]2N(C)S(C)(=O)=O)n1. The minimum absolute atomic E-state index is 0.170. The van der Waals surface area contributed by atoms with Gasteiger partial charge < -0.3 is 20.1 Å². The number of carbonyl (C=O) groups is 1. The molecule has 1 fully saturated rings. The molecule has 0 aliphatic heterocycles. The second-order valence-corrected chi connectivity index (χ2v) is 12.4. The number of carbonyl (C=O) groups excluding carboxylic acids is 1. The number of anilines is 2. The van der Waals surface area contributed by atoms with Crippen molar-refractivity contribution in [1.82, 2.24) is 19.6 Å². The maximum Gasteiger partial charge on any atom is 0.423 e. The van der Waals surface area contributed by atoms with E-state index in [0.29, 0.717) is 35.5 Å². The van der Waals surface area contributed by atoms with E-state index in [4.69, 9.17) is 9.47 Å². The number of ether oxygens (including phenoxy) is 2. The average Bonchev–Trinajstić information content (AvgIpc) is 3.70. The Kier molecular flexibility index (Phi) is 8.03. The quantitative estimate of drug-likeness (QED) is 0.350. The highest BCUT2D eigenvalue weighted by molar-refractivity contribution is 7.88. The monoisotopic (exact) mass is 605 g/mol. The van der Waals surface area contributed by atoms with Gasteiger partial charge in [-0.15, -0.1) is 0 Å². The number of benzene rings is 2. The Balaban J connectivity index is 1.43. The third-order valence-corrected chi connectivity index (χ3v) is 8.62. The first kappa shape index (κ1) is 29.6. The fourth-order valence-corrected chi connectivity index (χ4v) is 5.51. The number of nitrogens with one attached hydrogen (secondary N) is 2. The maximum absolute atomic E-state index is 14.0. The Labute approximate surface area is 241 Å². The Morgan fingerprint density at radius 1 is 1.17 bits per heavy atom. The predicted octanol–water partition coefficient (Wildman–Crippen LogP) is 4.32. The van der Waals surface area contributed by atoms with Crippen LogP contribution in [0.5, 0.6) is 11.6 Å². The van der Waals surface area contributed by atoms with Gasteiger partial charge in [-0.05, 0) is 48.1 Å². The topological polar surface area (TPSA) is 123 Å². The number of hydrogen-bond donors (Lipinski definition) is 2. The van der Waals surface area contributed by atoms with Gasteiger partial charge in [-0.25, -0.2) is 13.4 Å². The van der Waals surface area contributed by atoms with Crippen molar-refractivity contribution in [2.45, 2.75) is 37.6 Å². The van der Waals surface area contributed by atoms with Crippen LogP contribution in [0.15, 0.2) is 48.7 Å². The molecule has 1 aromatic heterocycles. The van der Waals surface area contributed by atoms with E-state index in [2.05, 4.69) is 20.6 Å². The van der Waals surface area contributed by atoms with E-state index in [-0.39, 0.29) is 24.0 Å². The van der Waals surface area contributed by atoms with Gasteiger partial charge in [0, 0.05) is 31.8 Å². The summed E-state index contributed by atoms with van der Waals surface area (Å²) in [6, 6.07) is 10.7. The summed E-state index contributed by atoms with van der Waals surface area (Å²) in [6.45, 7) is 0.593. The molecule has 224 valence electrons. The summed E-state index contributed by atoms with van der Waals surface area (Å²) in [7, 11) is -0.967. The zero-order valence-corrected chi connectivity index (χ0v) is 23.9. The van der Waals surface area contributed by atoms with Crippen molar-refractivity contribution in [3.05, 3.63) is 70.9 Å². The van der Waals surface area contributed by atoms with E-state index in [1.807, 2.05) is 0 Å². The molecule has 1 heterocycles. The van der Waals surface area contributed by atoms with Gasteiger partial charge in [0.25, 0.3) is 5.91 Å². The number of alkyl halides is 3. The van der Waals surface area contributed by atoms with Crippen LogP contribution in [0.1, 0.15) is 45.9 Å². The lowest BCUT2D eigenvalue weighted by Crippen LogP contribution is -2.38. The van der Waals surface area contributed by atoms with Crippen molar-refractivity contribution in [3.63, 3.8) is 0 Å². The zero-order chi connectivity index (χ0) is 30.2. The number of methoxy groups -OCH3 is 1. The molecule has 2 N–H and O–H groups in total. The number of fused-ring (bicyclic) bond motifs is 1. The predicted molar refractivity (Wildman–Crippen MR) is 148 cm³/mol. The molecule has 0 radical (unpaired) electrons. The third kappa shape index (κ3) is 6.44. The highest BCUT2D eigenvalue weighted by Crippen LogP contribution is 2.42. The molecule has 42 heavy (non-hydrogen) atoms. The number of rotatable bonds is 10. The fourth-order valence-electron chi connectivity index (χ4n) is 4.85. The normalized spacial score (nSPS) is 18.5. The molecule has 0 saturated heterocycles. The number of hydrogen-bond acceptors (Lipinski definition) is 8. The summed E-state index contributed by atoms with van der Waals surface area (Å²) >= 11 is 0. The first-order valence-electron chi connectivity index (χ1n) is 13.2. The summed E-state index contributed by atoms with van der Waals surface area (Å²) < 4.78 is 79.2. The first-order valence-corrected chi connectivity index (χ1v) is 15.0. The van der Waals surface area contributed by atoms with Crippen LogP contribution in [0.4, 0.5) is 24.8 Å². The molecule has 0 spiro atoms. The Morgan fingerprint density at radius 3 is 2.57 bits per heavy atom. The molecular weight excluding hydrogens is 575 g/mol. The lowest BCUT2D eigenvalue weighted by Gasteiger charge is -2.29. The van der Waals surface area contributed by atoms with Gasteiger partial charge in [0.1, 0.15) is 17.4 Å². The van der Waals surface area contributed by atoms with Crippen LogP contribution in [0.2, 0.25) is 0 Å². The van der Waals surface area contributed by atoms with Crippen LogP contribution >= 0.6 is 0 Å². The number of likely N-dealkylation sites (N-methyl/N-ethyl adjacent to an activating group) is 1. The van der Waals surface area contributed by atoms with Crippen LogP contribution in [-0.4, -0.2) is 61.7 Å². The lowest BCUT2D eigenvalue weighted by atomic mass is 10.1.